The molecule has 0 bridgehead atoms. The van der Waals surface area contributed by atoms with Crippen LogP contribution in [0, 0.1) is 0 Å². The average Bonchev–Trinajstić information content (AvgIpc) is 3.17. The topological polar surface area (TPSA) is 117 Å². The number of piperazine rings is 1. The van der Waals surface area contributed by atoms with Gasteiger partial charge in [0.15, 0.2) is 6.61 Å². The number of fused-ring (bicyclic) bond motifs is 1. The number of amides is 4. The van der Waals surface area contributed by atoms with Crippen LogP contribution in [-0.4, -0.2) is 80.1 Å². The molecular weight excluding hydrogens is 654 g/mol. The number of nitrogen functional groups attached to an aromatic ring is 1. The summed E-state index contributed by atoms with van der Waals surface area (Å²) in [4.78, 5) is 42.3. The van der Waals surface area contributed by atoms with Crippen molar-refractivity contribution in [1.82, 2.24) is 15.1 Å². The van der Waals surface area contributed by atoms with Gasteiger partial charge in [0, 0.05) is 62.5 Å². The maximum atomic E-state index is 12.9. The Kier molecular flexibility index (Phi) is 11.0. The smallest absolute Gasteiger partial charge is 0.328 e. The number of carbonyl (C=O) groups is 3. The monoisotopic (exact) mass is 701 g/mol. The molecule has 52 heavy (non-hydrogen) atoms. The summed E-state index contributed by atoms with van der Waals surface area (Å²) in [5, 5.41) is 2.32. The molecule has 3 N–H and O–H groups in total. The van der Waals surface area contributed by atoms with Crippen molar-refractivity contribution in [3.05, 3.63) is 119 Å². The number of anilines is 2. The van der Waals surface area contributed by atoms with E-state index in [9.17, 15) is 14.4 Å². The van der Waals surface area contributed by atoms with Gasteiger partial charge in [0.1, 0.15) is 11.5 Å². The first kappa shape index (κ1) is 35.1. The molecule has 4 aromatic rings. The lowest BCUT2D eigenvalue weighted by atomic mass is 9.69. The second-order valence-corrected chi connectivity index (χ2v) is 13.9. The summed E-state index contributed by atoms with van der Waals surface area (Å²) in [5.74, 6) is 1.74. The number of unbranched alkanes of at least 4 members (excludes halogenated alkanes) is 1. The number of imide groups is 1. The number of nitrogens with two attached hydrogens (primary N) is 1. The molecule has 3 aliphatic rings. The van der Waals surface area contributed by atoms with Crippen LogP contribution in [-0.2, 0) is 16.0 Å². The molecule has 4 amide bonds. The highest BCUT2D eigenvalue weighted by molar-refractivity contribution is 6.05. The third-order valence-electron chi connectivity index (χ3n) is 10.5. The molecule has 2 aliphatic heterocycles. The van der Waals surface area contributed by atoms with Gasteiger partial charge in [-0.05, 0) is 96.8 Å². The summed E-state index contributed by atoms with van der Waals surface area (Å²) < 4.78 is 12.0. The van der Waals surface area contributed by atoms with Gasteiger partial charge in [-0.15, -0.1) is 0 Å². The molecule has 2 heterocycles. The van der Waals surface area contributed by atoms with Gasteiger partial charge in [0.25, 0.3) is 5.91 Å². The summed E-state index contributed by atoms with van der Waals surface area (Å²) in [5.41, 5.74) is 13.0. The second-order valence-electron chi connectivity index (χ2n) is 13.9. The third-order valence-corrected chi connectivity index (χ3v) is 10.5. The first-order valence-corrected chi connectivity index (χ1v) is 18.4. The molecule has 0 spiro atoms. The summed E-state index contributed by atoms with van der Waals surface area (Å²) in [6.45, 7) is 4.85. The second kappa shape index (κ2) is 16.3. The standard InChI is InChI=1S/C42H47N5O5/c43-33-14-18-38-32(27-33)13-17-37(30-7-2-1-3-8-30)41(38)31-11-15-35(16-12-31)51-26-5-4-20-45-22-24-46(25-23-45)40(49)29-52-36-10-6-9-34(28-36)47-21-19-39(48)44-42(47)50/h1-3,6-12,14-16,18,27-28,37,41H,4-5,13,17,19-26,29,43H2,(H,44,48,50). The number of aryl methyl sites for hydroxylation is 1. The largest absolute Gasteiger partial charge is 0.494 e. The van der Waals surface area contributed by atoms with Gasteiger partial charge >= 0.3 is 6.03 Å². The van der Waals surface area contributed by atoms with Gasteiger partial charge in [-0.1, -0.05) is 54.6 Å². The minimum atomic E-state index is -0.453. The Labute approximate surface area is 305 Å². The zero-order valence-corrected chi connectivity index (χ0v) is 29.5. The van der Waals surface area contributed by atoms with Crippen molar-refractivity contribution < 1.29 is 23.9 Å². The highest BCUT2D eigenvalue weighted by Gasteiger charge is 2.32. The third kappa shape index (κ3) is 8.40. The molecule has 2 atom stereocenters. The van der Waals surface area contributed by atoms with Crippen LogP contribution in [0.1, 0.15) is 59.8 Å². The first-order chi connectivity index (χ1) is 25.4. The van der Waals surface area contributed by atoms with Crippen molar-refractivity contribution in [3.63, 3.8) is 0 Å². The lowest BCUT2D eigenvalue weighted by Crippen LogP contribution is -2.50. The molecule has 2 fully saturated rings. The molecule has 7 rings (SSSR count). The van der Waals surface area contributed by atoms with Gasteiger partial charge in [0.2, 0.25) is 5.91 Å². The van der Waals surface area contributed by atoms with Crippen molar-refractivity contribution in [3.8, 4) is 11.5 Å². The molecule has 0 radical (unpaired) electrons. The highest BCUT2D eigenvalue weighted by Crippen LogP contribution is 2.46. The van der Waals surface area contributed by atoms with Crippen LogP contribution in [0.5, 0.6) is 11.5 Å². The normalized spacial score (nSPS) is 19.2. The average molecular weight is 702 g/mol. The van der Waals surface area contributed by atoms with Gasteiger partial charge in [-0.2, -0.15) is 0 Å². The van der Waals surface area contributed by atoms with Gasteiger partial charge < -0.3 is 20.1 Å². The van der Waals surface area contributed by atoms with E-state index in [1.165, 1.54) is 27.2 Å². The zero-order valence-electron chi connectivity index (χ0n) is 29.5. The first-order valence-electron chi connectivity index (χ1n) is 18.4. The van der Waals surface area contributed by atoms with E-state index in [2.05, 4.69) is 76.9 Å². The van der Waals surface area contributed by atoms with Crippen LogP contribution in [0.25, 0.3) is 0 Å². The quantitative estimate of drug-likeness (QED) is 0.138. The molecule has 2 unspecified atom stereocenters. The number of carbonyl (C=O) groups excluding carboxylic acids is 3. The number of ether oxygens (including phenoxy) is 2. The number of urea groups is 1. The van der Waals surface area contributed by atoms with E-state index >= 15 is 0 Å². The predicted molar refractivity (Wildman–Crippen MR) is 202 cm³/mol. The van der Waals surface area contributed by atoms with Gasteiger partial charge in [-0.25, -0.2) is 4.79 Å². The van der Waals surface area contributed by atoms with Crippen molar-refractivity contribution in [1.29, 1.82) is 0 Å². The molecule has 10 heteroatoms. The number of benzene rings is 4. The van der Waals surface area contributed by atoms with E-state index in [0.717, 1.165) is 56.8 Å². The van der Waals surface area contributed by atoms with E-state index in [-0.39, 0.29) is 30.8 Å². The van der Waals surface area contributed by atoms with Crippen molar-refractivity contribution >= 4 is 29.2 Å². The van der Waals surface area contributed by atoms with E-state index in [4.69, 9.17) is 15.2 Å². The Morgan fingerprint density at radius 2 is 1.58 bits per heavy atom. The van der Waals surface area contributed by atoms with Crippen LogP contribution in [0.3, 0.4) is 0 Å². The number of hydrogen-bond donors (Lipinski definition) is 2. The van der Waals surface area contributed by atoms with Crippen LogP contribution in [0.4, 0.5) is 16.2 Å². The molecular formula is C42H47N5O5. The van der Waals surface area contributed by atoms with E-state index in [1.807, 2.05) is 11.0 Å². The SMILES string of the molecule is Nc1ccc2c(c1)CCC(c1ccccc1)C2c1ccc(OCCCCN2CCN(C(=O)COc3cccc(N4CCC(=O)NC4=O)c3)CC2)cc1. The minimum absolute atomic E-state index is 0.0567. The number of nitrogens with one attached hydrogen (secondary N) is 1. The lowest BCUT2D eigenvalue weighted by Gasteiger charge is -2.35. The minimum Gasteiger partial charge on any atom is -0.494 e. The fourth-order valence-corrected chi connectivity index (χ4v) is 7.72. The highest BCUT2D eigenvalue weighted by atomic mass is 16.5. The zero-order chi connectivity index (χ0) is 35.9. The maximum Gasteiger partial charge on any atom is 0.328 e. The Bertz CT molecular complexity index is 1860. The molecule has 1 aliphatic carbocycles. The fraction of sp³-hybridized carbons (Fsp3) is 0.357. The van der Waals surface area contributed by atoms with Gasteiger partial charge in [0.05, 0.1) is 6.61 Å². The number of hydrogen-bond acceptors (Lipinski definition) is 7. The summed E-state index contributed by atoms with van der Waals surface area (Å²) in [7, 11) is 0. The molecule has 4 aromatic carbocycles. The van der Waals surface area contributed by atoms with Crippen LogP contribution in [0.15, 0.2) is 97.1 Å². The Balaban J connectivity index is 0.827. The molecule has 0 aromatic heterocycles. The summed E-state index contributed by atoms with van der Waals surface area (Å²) in [6, 6.07) is 32.5. The van der Waals surface area contributed by atoms with Crippen LogP contribution in [0.2, 0.25) is 0 Å². The Morgan fingerprint density at radius 3 is 2.37 bits per heavy atom. The molecule has 270 valence electrons. The maximum absolute atomic E-state index is 12.9. The lowest BCUT2D eigenvalue weighted by molar-refractivity contribution is -0.135. The molecule has 0 saturated carbocycles. The van der Waals surface area contributed by atoms with Crippen molar-refractivity contribution in [2.75, 3.05) is 63.1 Å². The summed E-state index contributed by atoms with van der Waals surface area (Å²) >= 11 is 0. The number of nitrogens with zero attached hydrogens (tertiary/aromatic N) is 3. The van der Waals surface area contributed by atoms with Gasteiger partial charge in [-0.3, -0.25) is 24.7 Å². The summed E-state index contributed by atoms with van der Waals surface area (Å²) in [6.07, 6.45) is 4.35. The van der Waals surface area contributed by atoms with E-state index < -0.39 is 6.03 Å². The van der Waals surface area contributed by atoms with Crippen LogP contribution >= 0.6 is 0 Å². The number of rotatable bonds is 12. The fourth-order valence-electron chi connectivity index (χ4n) is 7.72. The Morgan fingerprint density at radius 1 is 0.769 bits per heavy atom. The molecule has 10 nitrogen and oxygen atoms in total. The Hall–Kier alpha value is -5.35. The van der Waals surface area contributed by atoms with Crippen molar-refractivity contribution in [2.45, 2.75) is 43.9 Å². The van der Waals surface area contributed by atoms with E-state index in [1.54, 1.807) is 24.3 Å². The van der Waals surface area contributed by atoms with E-state index in [0.29, 0.717) is 43.6 Å². The molecule has 2 saturated heterocycles. The van der Waals surface area contributed by atoms with Crippen molar-refractivity contribution in [2.24, 2.45) is 0 Å². The van der Waals surface area contributed by atoms with Crippen LogP contribution < -0.4 is 25.4 Å². The predicted octanol–water partition coefficient (Wildman–Crippen LogP) is 5.96.